The van der Waals surface area contributed by atoms with Crippen LogP contribution < -0.4 is 11.1 Å². The average molecular weight is 342 g/mol. The summed E-state index contributed by atoms with van der Waals surface area (Å²) in [6.45, 7) is 2.78. The highest BCUT2D eigenvalue weighted by molar-refractivity contribution is 6.42. The molecule has 3 N–H and O–H groups in total. The fourth-order valence-corrected chi connectivity index (χ4v) is 3.14. The monoisotopic (exact) mass is 341 g/mol. The van der Waals surface area contributed by atoms with Crippen molar-refractivity contribution in [3.8, 4) is 0 Å². The molecular weight excluding hydrogens is 321 g/mol. The first-order chi connectivity index (χ1) is 10.5. The molecule has 4 nitrogen and oxygen atoms in total. The molecule has 1 aromatic rings. The largest absolute Gasteiger partial charge is 0.352 e. The van der Waals surface area contributed by atoms with Crippen LogP contribution in [0.3, 0.4) is 0 Å². The minimum Gasteiger partial charge on any atom is -0.352 e. The molecule has 1 aliphatic heterocycles. The van der Waals surface area contributed by atoms with Crippen molar-refractivity contribution < 1.29 is 4.79 Å². The molecule has 3 rings (SSSR count). The van der Waals surface area contributed by atoms with Crippen molar-refractivity contribution in [3.63, 3.8) is 0 Å². The van der Waals surface area contributed by atoms with Gasteiger partial charge in [0.05, 0.1) is 15.6 Å². The molecule has 0 aromatic heterocycles. The molecule has 6 heteroatoms. The summed E-state index contributed by atoms with van der Waals surface area (Å²) in [4.78, 5) is 14.3. The van der Waals surface area contributed by atoms with Crippen LogP contribution in [-0.4, -0.2) is 35.5 Å². The number of hydrogen-bond acceptors (Lipinski definition) is 3. The predicted molar refractivity (Wildman–Crippen MR) is 89.1 cm³/mol. The van der Waals surface area contributed by atoms with Gasteiger partial charge in [-0.25, -0.2) is 0 Å². The number of rotatable bonds is 4. The summed E-state index contributed by atoms with van der Waals surface area (Å²) in [5, 5.41) is 4.28. The van der Waals surface area contributed by atoms with Gasteiger partial charge in [-0.15, -0.1) is 0 Å². The molecular formula is C16H21Cl2N3O. The molecule has 0 bridgehead atoms. The summed E-state index contributed by atoms with van der Waals surface area (Å²) >= 11 is 12.0. The van der Waals surface area contributed by atoms with Crippen LogP contribution in [0.4, 0.5) is 0 Å². The zero-order chi connectivity index (χ0) is 15.7. The highest BCUT2D eigenvalue weighted by Gasteiger charge is 2.46. The van der Waals surface area contributed by atoms with Gasteiger partial charge in [0.1, 0.15) is 0 Å². The lowest BCUT2D eigenvalue weighted by atomic mass is 10.0. The molecule has 1 heterocycles. The molecule has 0 spiro atoms. The molecule has 1 saturated carbocycles. The summed E-state index contributed by atoms with van der Waals surface area (Å²) in [7, 11) is 0. The SMILES string of the molecule is NC1(C(=O)NC2CCN(Cc3ccc(Cl)c(Cl)c3)CC2)CC1. The number of carbonyl (C=O) groups is 1. The zero-order valence-electron chi connectivity index (χ0n) is 12.4. The number of carbonyl (C=O) groups excluding carboxylic acids is 1. The molecule has 1 aromatic carbocycles. The third kappa shape index (κ3) is 3.74. The zero-order valence-corrected chi connectivity index (χ0v) is 14.0. The van der Waals surface area contributed by atoms with Crippen molar-refractivity contribution in [1.82, 2.24) is 10.2 Å². The summed E-state index contributed by atoms with van der Waals surface area (Å²) in [5.74, 6) is 0.0235. The van der Waals surface area contributed by atoms with Crippen LogP contribution in [0.5, 0.6) is 0 Å². The molecule has 0 unspecified atom stereocenters. The van der Waals surface area contributed by atoms with Crippen molar-refractivity contribution >= 4 is 29.1 Å². The first-order valence-corrected chi connectivity index (χ1v) is 8.48. The minimum absolute atomic E-state index is 0.0235. The van der Waals surface area contributed by atoms with Gasteiger partial charge < -0.3 is 11.1 Å². The van der Waals surface area contributed by atoms with E-state index in [1.165, 1.54) is 0 Å². The van der Waals surface area contributed by atoms with Crippen LogP contribution in [0.2, 0.25) is 10.0 Å². The first-order valence-electron chi connectivity index (χ1n) is 7.72. The molecule has 1 aliphatic carbocycles. The van der Waals surface area contributed by atoms with Crippen LogP contribution >= 0.6 is 23.2 Å². The van der Waals surface area contributed by atoms with E-state index in [1.807, 2.05) is 18.2 Å². The van der Waals surface area contributed by atoms with E-state index < -0.39 is 5.54 Å². The Kier molecular flexibility index (Phi) is 4.64. The van der Waals surface area contributed by atoms with E-state index in [1.54, 1.807) is 0 Å². The molecule has 2 fully saturated rings. The molecule has 22 heavy (non-hydrogen) atoms. The highest BCUT2D eigenvalue weighted by atomic mass is 35.5. The number of hydrogen-bond donors (Lipinski definition) is 2. The van der Waals surface area contributed by atoms with Crippen molar-refractivity contribution in [2.75, 3.05) is 13.1 Å². The van der Waals surface area contributed by atoms with Crippen molar-refractivity contribution in [2.45, 2.75) is 43.8 Å². The van der Waals surface area contributed by atoms with Crippen LogP contribution in [0.1, 0.15) is 31.2 Å². The van der Waals surface area contributed by atoms with Crippen LogP contribution in [0.15, 0.2) is 18.2 Å². The van der Waals surface area contributed by atoms with E-state index >= 15 is 0 Å². The van der Waals surface area contributed by atoms with E-state index in [-0.39, 0.29) is 11.9 Å². The second kappa shape index (κ2) is 6.36. The van der Waals surface area contributed by atoms with E-state index in [4.69, 9.17) is 28.9 Å². The fourth-order valence-electron chi connectivity index (χ4n) is 2.82. The standard InChI is InChI=1S/C16H21Cl2N3O/c17-13-2-1-11(9-14(13)18)10-21-7-3-12(4-8-21)20-15(22)16(19)5-6-16/h1-2,9,12H,3-8,10,19H2,(H,20,22). The Bertz CT molecular complexity index is 567. The van der Waals surface area contributed by atoms with Crippen molar-refractivity contribution in [2.24, 2.45) is 5.73 Å². The minimum atomic E-state index is -0.572. The van der Waals surface area contributed by atoms with Gasteiger partial charge in [0.2, 0.25) is 5.91 Å². The molecule has 0 radical (unpaired) electrons. The number of benzene rings is 1. The quantitative estimate of drug-likeness (QED) is 0.884. The molecule has 0 atom stereocenters. The number of likely N-dealkylation sites (tertiary alicyclic amines) is 1. The van der Waals surface area contributed by atoms with Gasteiger partial charge in [0.15, 0.2) is 0 Å². The summed E-state index contributed by atoms with van der Waals surface area (Å²) in [5.41, 5.74) is 6.51. The van der Waals surface area contributed by atoms with Crippen molar-refractivity contribution in [3.05, 3.63) is 33.8 Å². The van der Waals surface area contributed by atoms with E-state index in [2.05, 4.69) is 10.2 Å². The molecule has 1 amide bonds. The smallest absolute Gasteiger partial charge is 0.240 e. The maximum Gasteiger partial charge on any atom is 0.240 e. The van der Waals surface area contributed by atoms with Gasteiger partial charge in [-0.05, 0) is 43.4 Å². The summed E-state index contributed by atoms with van der Waals surface area (Å²) < 4.78 is 0. The Labute approximate surface area is 140 Å². The summed E-state index contributed by atoms with van der Waals surface area (Å²) in [6.07, 6.45) is 3.55. The van der Waals surface area contributed by atoms with Crippen LogP contribution in [0.25, 0.3) is 0 Å². The van der Waals surface area contributed by atoms with Gasteiger partial charge >= 0.3 is 0 Å². The summed E-state index contributed by atoms with van der Waals surface area (Å²) in [6, 6.07) is 6.01. The van der Waals surface area contributed by atoms with Gasteiger partial charge in [-0.1, -0.05) is 29.3 Å². The molecule has 2 aliphatic rings. The van der Waals surface area contributed by atoms with Gasteiger partial charge in [-0.2, -0.15) is 0 Å². The lowest BCUT2D eigenvalue weighted by molar-refractivity contribution is -0.124. The Morgan fingerprint density at radius 1 is 1.27 bits per heavy atom. The van der Waals surface area contributed by atoms with Crippen LogP contribution in [-0.2, 0) is 11.3 Å². The second-order valence-corrected chi connectivity index (χ2v) is 7.24. The first kappa shape index (κ1) is 16.1. The Morgan fingerprint density at radius 3 is 2.55 bits per heavy atom. The van der Waals surface area contributed by atoms with Crippen LogP contribution in [0, 0.1) is 0 Å². The Hall–Kier alpha value is -0.810. The average Bonchev–Trinajstić information content (AvgIpc) is 3.24. The van der Waals surface area contributed by atoms with Crippen molar-refractivity contribution in [1.29, 1.82) is 0 Å². The second-order valence-electron chi connectivity index (χ2n) is 6.43. The topological polar surface area (TPSA) is 58.4 Å². The number of amides is 1. The number of halogens is 2. The normalized spacial score (nSPS) is 21.6. The number of piperidine rings is 1. The number of nitrogens with two attached hydrogens (primary N) is 1. The van der Waals surface area contributed by atoms with E-state index in [9.17, 15) is 4.79 Å². The lowest BCUT2D eigenvalue weighted by Gasteiger charge is -2.33. The third-order valence-electron chi connectivity index (χ3n) is 4.55. The highest BCUT2D eigenvalue weighted by Crippen LogP contribution is 2.32. The predicted octanol–water partition coefficient (Wildman–Crippen LogP) is 2.57. The fraction of sp³-hybridized carbons (Fsp3) is 0.562. The Morgan fingerprint density at radius 2 is 1.95 bits per heavy atom. The number of nitrogens with one attached hydrogen (secondary N) is 1. The molecule has 120 valence electrons. The van der Waals surface area contributed by atoms with Gasteiger partial charge in [-0.3, -0.25) is 9.69 Å². The third-order valence-corrected chi connectivity index (χ3v) is 5.29. The van der Waals surface area contributed by atoms with Gasteiger partial charge in [0, 0.05) is 25.7 Å². The van der Waals surface area contributed by atoms with E-state index in [0.29, 0.717) is 10.0 Å². The lowest BCUT2D eigenvalue weighted by Crippen LogP contribution is -2.50. The Balaban J connectivity index is 1.47. The maximum absolute atomic E-state index is 12.0. The maximum atomic E-state index is 12.0. The molecule has 1 saturated heterocycles. The van der Waals surface area contributed by atoms with Gasteiger partial charge in [0.25, 0.3) is 0 Å². The van der Waals surface area contributed by atoms with E-state index in [0.717, 1.165) is 50.9 Å². The number of nitrogens with zero attached hydrogens (tertiary/aromatic N) is 1.